The van der Waals surface area contributed by atoms with E-state index in [1.165, 1.54) is 0 Å². The van der Waals surface area contributed by atoms with Crippen LogP contribution in [0, 0.1) is 5.92 Å². The molecule has 0 bridgehead atoms. The Bertz CT molecular complexity index is 579. The minimum atomic E-state index is -0.266. The van der Waals surface area contributed by atoms with E-state index >= 15 is 0 Å². The molecule has 2 atom stereocenters. The van der Waals surface area contributed by atoms with Crippen molar-refractivity contribution in [1.82, 2.24) is 10.2 Å². The van der Waals surface area contributed by atoms with Gasteiger partial charge in [-0.1, -0.05) is 23.7 Å². The molecule has 1 N–H and O–H groups in total. The molecule has 1 aromatic rings. The maximum Gasteiger partial charge on any atom is 0.225 e. The van der Waals surface area contributed by atoms with Gasteiger partial charge in [0.2, 0.25) is 11.8 Å². The third-order valence-corrected chi connectivity index (χ3v) is 4.63. The van der Waals surface area contributed by atoms with Crippen LogP contribution in [-0.2, 0) is 14.3 Å². The molecule has 2 amide bonds. The third-order valence-electron chi connectivity index (χ3n) is 4.40. The fraction of sp³-hybridized carbons (Fsp3) is 0.556. The second-order valence-electron chi connectivity index (χ2n) is 5.96. The molecule has 5 nitrogen and oxygen atoms in total. The summed E-state index contributed by atoms with van der Waals surface area (Å²) < 4.78 is 5.00. The summed E-state index contributed by atoms with van der Waals surface area (Å²) in [5, 5.41) is 3.58. The van der Waals surface area contributed by atoms with Crippen molar-refractivity contribution in [3.05, 3.63) is 34.9 Å². The number of likely N-dealkylation sites (tertiary alicyclic amines) is 1. The van der Waals surface area contributed by atoms with E-state index in [1.807, 2.05) is 25.1 Å². The van der Waals surface area contributed by atoms with Crippen molar-refractivity contribution >= 4 is 23.4 Å². The van der Waals surface area contributed by atoms with E-state index in [0.29, 0.717) is 37.6 Å². The molecular weight excluding hydrogens is 328 g/mol. The fourth-order valence-electron chi connectivity index (χ4n) is 3.26. The van der Waals surface area contributed by atoms with Crippen LogP contribution in [0.2, 0.25) is 5.02 Å². The molecule has 1 heterocycles. The zero-order chi connectivity index (χ0) is 17.5. The topological polar surface area (TPSA) is 58.6 Å². The van der Waals surface area contributed by atoms with Crippen LogP contribution in [0.15, 0.2) is 24.3 Å². The van der Waals surface area contributed by atoms with Crippen molar-refractivity contribution in [1.29, 1.82) is 0 Å². The summed E-state index contributed by atoms with van der Waals surface area (Å²) in [4.78, 5) is 26.8. The molecule has 1 aliphatic rings. The first kappa shape index (κ1) is 18.7. The molecule has 1 aromatic carbocycles. The molecule has 0 aromatic heterocycles. The van der Waals surface area contributed by atoms with Gasteiger partial charge in [-0.25, -0.2) is 0 Å². The van der Waals surface area contributed by atoms with Gasteiger partial charge in [-0.2, -0.15) is 0 Å². The van der Waals surface area contributed by atoms with Gasteiger partial charge in [-0.05, 0) is 37.5 Å². The van der Waals surface area contributed by atoms with Gasteiger partial charge in [-0.15, -0.1) is 0 Å². The monoisotopic (exact) mass is 352 g/mol. The van der Waals surface area contributed by atoms with E-state index in [1.54, 1.807) is 18.1 Å². The molecule has 1 saturated heterocycles. The zero-order valence-electron chi connectivity index (χ0n) is 14.3. The lowest BCUT2D eigenvalue weighted by Crippen LogP contribution is -2.48. The molecular formula is C18H25ClN2O3. The Balaban J connectivity index is 2.20. The van der Waals surface area contributed by atoms with Crippen LogP contribution in [0.4, 0.5) is 0 Å². The van der Waals surface area contributed by atoms with Crippen LogP contribution in [-0.4, -0.2) is 43.5 Å². The highest BCUT2D eigenvalue weighted by Gasteiger charge is 2.39. The second-order valence-corrected chi connectivity index (χ2v) is 6.40. The van der Waals surface area contributed by atoms with Crippen molar-refractivity contribution < 1.29 is 14.3 Å². The minimum absolute atomic E-state index is 0.0120. The quantitative estimate of drug-likeness (QED) is 0.768. The number of benzene rings is 1. The molecule has 6 heteroatoms. The van der Waals surface area contributed by atoms with Crippen molar-refractivity contribution in [3.63, 3.8) is 0 Å². The van der Waals surface area contributed by atoms with Gasteiger partial charge in [0.25, 0.3) is 0 Å². The fourth-order valence-corrected chi connectivity index (χ4v) is 3.46. The number of hydrogen-bond donors (Lipinski definition) is 1. The molecule has 2 rings (SSSR count). The number of piperidine rings is 1. The third kappa shape index (κ3) is 4.48. The normalized spacial score (nSPS) is 21.0. The average Bonchev–Trinajstić information content (AvgIpc) is 2.58. The first-order chi connectivity index (χ1) is 11.6. The Kier molecular flexibility index (Phi) is 7.06. The summed E-state index contributed by atoms with van der Waals surface area (Å²) in [5.41, 5.74) is 0.912. The van der Waals surface area contributed by atoms with Crippen LogP contribution in [0.1, 0.15) is 37.8 Å². The van der Waals surface area contributed by atoms with Gasteiger partial charge in [0.05, 0.1) is 12.0 Å². The Morgan fingerprint density at radius 2 is 2.25 bits per heavy atom. The molecule has 24 heavy (non-hydrogen) atoms. The maximum atomic E-state index is 12.7. The number of halogens is 1. The Hall–Kier alpha value is -1.59. The minimum Gasteiger partial charge on any atom is -0.385 e. The van der Waals surface area contributed by atoms with Gasteiger partial charge >= 0.3 is 0 Å². The van der Waals surface area contributed by atoms with Gasteiger partial charge in [0.15, 0.2) is 0 Å². The van der Waals surface area contributed by atoms with Gasteiger partial charge in [-0.3, -0.25) is 9.59 Å². The van der Waals surface area contributed by atoms with Crippen LogP contribution in [0.3, 0.4) is 0 Å². The predicted octanol–water partition coefficient (Wildman–Crippen LogP) is 2.79. The largest absolute Gasteiger partial charge is 0.385 e. The van der Waals surface area contributed by atoms with E-state index in [4.69, 9.17) is 16.3 Å². The lowest BCUT2D eigenvalue weighted by molar-refractivity contribution is -0.143. The standard InChI is InChI=1S/C18H25ClN2O3/c1-3-21-16(22)9-8-15(18(23)20-10-5-11-24-2)17(21)13-6-4-7-14(19)12-13/h4,6-7,12,15,17H,3,5,8-11H2,1-2H3,(H,20,23)/t15-,17+/m1/s1. The van der Waals surface area contributed by atoms with E-state index in [-0.39, 0.29) is 23.8 Å². The number of ether oxygens (including phenoxy) is 1. The van der Waals surface area contributed by atoms with E-state index in [0.717, 1.165) is 12.0 Å². The summed E-state index contributed by atoms with van der Waals surface area (Å²) in [7, 11) is 1.64. The zero-order valence-corrected chi connectivity index (χ0v) is 15.0. The number of hydrogen-bond acceptors (Lipinski definition) is 3. The van der Waals surface area contributed by atoms with E-state index in [2.05, 4.69) is 5.32 Å². The van der Waals surface area contributed by atoms with Gasteiger partial charge in [0.1, 0.15) is 0 Å². The van der Waals surface area contributed by atoms with E-state index < -0.39 is 0 Å². The number of amides is 2. The summed E-state index contributed by atoms with van der Waals surface area (Å²) in [6, 6.07) is 7.17. The lowest BCUT2D eigenvalue weighted by atomic mass is 9.83. The summed E-state index contributed by atoms with van der Waals surface area (Å²) in [6.07, 6.45) is 1.73. The number of rotatable bonds is 7. The number of carbonyl (C=O) groups excluding carboxylic acids is 2. The van der Waals surface area contributed by atoms with Crippen molar-refractivity contribution in [2.24, 2.45) is 5.92 Å². The van der Waals surface area contributed by atoms with Crippen molar-refractivity contribution in [2.75, 3.05) is 26.8 Å². The smallest absolute Gasteiger partial charge is 0.225 e. The Labute approximate surface area is 148 Å². The number of nitrogens with zero attached hydrogens (tertiary/aromatic N) is 1. The predicted molar refractivity (Wildman–Crippen MR) is 93.8 cm³/mol. The summed E-state index contributed by atoms with van der Waals surface area (Å²) >= 11 is 6.12. The van der Waals surface area contributed by atoms with Gasteiger partial charge < -0.3 is 15.0 Å². The van der Waals surface area contributed by atoms with Crippen LogP contribution in [0.5, 0.6) is 0 Å². The average molecular weight is 353 g/mol. The SMILES string of the molecule is CCN1C(=O)CC[C@@H](C(=O)NCCCOC)[C@@H]1c1cccc(Cl)c1. The van der Waals surface area contributed by atoms with Gasteiger partial charge in [0, 0.05) is 38.2 Å². The first-order valence-electron chi connectivity index (χ1n) is 8.40. The molecule has 1 fully saturated rings. The lowest BCUT2D eigenvalue weighted by Gasteiger charge is -2.40. The first-order valence-corrected chi connectivity index (χ1v) is 8.77. The number of nitrogens with one attached hydrogen (secondary N) is 1. The highest BCUT2D eigenvalue weighted by atomic mass is 35.5. The Morgan fingerprint density at radius 1 is 1.46 bits per heavy atom. The van der Waals surface area contributed by atoms with Crippen LogP contribution in [0.25, 0.3) is 0 Å². The number of methoxy groups -OCH3 is 1. The molecule has 0 spiro atoms. The molecule has 0 radical (unpaired) electrons. The molecule has 1 aliphatic heterocycles. The highest BCUT2D eigenvalue weighted by Crippen LogP contribution is 2.37. The summed E-state index contributed by atoms with van der Waals surface area (Å²) in [5.74, 6) is -0.184. The maximum absolute atomic E-state index is 12.7. The Morgan fingerprint density at radius 3 is 2.92 bits per heavy atom. The molecule has 0 unspecified atom stereocenters. The summed E-state index contributed by atoms with van der Waals surface area (Å²) in [6.45, 7) is 3.70. The van der Waals surface area contributed by atoms with Crippen LogP contribution >= 0.6 is 11.6 Å². The highest BCUT2D eigenvalue weighted by molar-refractivity contribution is 6.30. The van der Waals surface area contributed by atoms with Crippen LogP contribution < -0.4 is 5.32 Å². The molecule has 0 saturated carbocycles. The van der Waals surface area contributed by atoms with E-state index in [9.17, 15) is 9.59 Å². The molecule has 0 aliphatic carbocycles. The number of carbonyl (C=O) groups is 2. The van der Waals surface area contributed by atoms with Crippen molar-refractivity contribution in [2.45, 2.75) is 32.2 Å². The molecule has 132 valence electrons. The second kappa shape index (κ2) is 9.04. The van der Waals surface area contributed by atoms with Crippen molar-refractivity contribution in [3.8, 4) is 0 Å².